The third kappa shape index (κ3) is 8.11. The molecular weight excluding hydrogens is 326 g/mol. The Bertz CT molecular complexity index is 543. The molecular formula is C21H35N3O2. The number of benzene rings is 1. The molecule has 0 radical (unpaired) electrons. The fraction of sp³-hybridized carbons (Fsp3) is 0.619. The molecule has 1 aromatic carbocycles. The van der Waals surface area contributed by atoms with Gasteiger partial charge in [-0.1, -0.05) is 58.0 Å². The molecule has 0 fully saturated rings. The zero-order valence-corrected chi connectivity index (χ0v) is 16.6. The summed E-state index contributed by atoms with van der Waals surface area (Å²) in [5.74, 6) is -0.142. The summed E-state index contributed by atoms with van der Waals surface area (Å²) in [6.45, 7) is 8.38. The quantitative estimate of drug-likeness (QED) is 0.499. The highest BCUT2D eigenvalue weighted by Crippen LogP contribution is 2.10. The van der Waals surface area contributed by atoms with E-state index < -0.39 is 6.04 Å². The van der Waals surface area contributed by atoms with Crippen LogP contribution in [0.4, 0.5) is 0 Å². The van der Waals surface area contributed by atoms with E-state index >= 15 is 0 Å². The van der Waals surface area contributed by atoms with E-state index in [0.717, 1.165) is 18.4 Å². The minimum Gasteiger partial charge on any atom is -0.345 e. The van der Waals surface area contributed by atoms with Crippen LogP contribution in [0.3, 0.4) is 0 Å². The van der Waals surface area contributed by atoms with Gasteiger partial charge in [0.05, 0.1) is 12.1 Å². The number of amides is 1. The van der Waals surface area contributed by atoms with Crippen LogP contribution in [-0.2, 0) is 16.0 Å². The van der Waals surface area contributed by atoms with Crippen LogP contribution >= 0.6 is 0 Å². The number of carbonyl (C=O) groups is 2. The lowest BCUT2D eigenvalue weighted by atomic mass is 9.96. The summed E-state index contributed by atoms with van der Waals surface area (Å²) in [5, 5.41) is 6.32. The number of carbonyl (C=O) groups excluding carboxylic acids is 2. The number of unbranched alkanes of at least 4 members (excludes halogenated alkanes) is 1. The summed E-state index contributed by atoms with van der Waals surface area (Å²) in [6, 6.07) is 9.29. The van der Waals surface area contributed by atoms with Crippen molar-refractivity contribution in [3.63, 3.8) is 0 Å². The van der Waals surface area contributed by atoms with Crippen molar-refractivity contribution < 1.29 is 9.59 Å². The number of hydrogen-bond acceptors (Lipinski definition) is 4. The Labute approximate surface area is 158 Å². The zero-order valence-electron chi connectivity index (χ0n) is 16.6. The third-order valence-electron chi connectivity index (χ3n) is 4.31. The number of Topliss-reactive ketones (excluding diaryl/α,β-unsaturated/α-hetero) is 1. The molecule has 0 aromatic heterocycles. The van der Waals surface area contributed by atoms with Gasteiger partial charge in [-0.25, -0.2) is 0 Å². The lowest BCUT2D eigenvalue weighted by Crippen LogP contribution is -2.53. The molecule has 4 N–H and O–H groups in total. The molecule has 0 aliphatic carbocycles. The summed E-state index contributed by atoms with van der Waals surface area (Å²) in [5.41, 5.74) is 6.65. The van der Waals surface area contributed by atoms with E-state index in [0.29, 0.717) is 19.4 Å². The molecule has 1 rings (SSSR count). The maximum absolute atomic E-state index is 12.9. The van der Waals surface area contributed by atoms with Crippen molar-refractivity contribution in [3.05, 3.63) is 35.9 Å². The van der Waals surface area contributed by atoms with Gasteiger partial charge in [0.1, 0.15) is 0 Å². The molecule has 5 nitrogen and oxygen atoms in total. The zero-order chi connectivity index (χ0) is 19.5. The molecule has 0 aliphatic rings. The fourth-order valence-electron chi connectivity index (χ4n) is 2.93. The van der Waals surface area contributed by atoms with E-state index in [1.54, 1.807) is 0 Å². The van der Waals surface area contributed by atoms with Gasteiger partial charge >= 0.3 is 0 Å². The van der Waals surface area contributed by atoms with Gasteiger partial charge in [0.25, 0.3) is 0 Å². The van der Waals surface area contributed by atoms with Crippen LogP contribution in [0.1, 0.15) is 52.5 Å². The average molecular weight is 362 g/mol. The Balaban J connectivity index is 2.83. The van der Waals surface area contributed by atoms with Crippen molar-refractivity contribution >= 4 is 11.7 Å². The van der Waals surface area contributed by atoms with E-state index in [9.17, 15) is 9.59 Å². The summed E-state index contributed by atoms with van der Waals surface area (Å²) in [6.07, 6.45) is 2.92. The van der Waals surface area contributed by atoms with Crippen molar-refractivity contribution in [2.45, 2.75) is 71.5 Å². The summed E-state index contributed by atoms with van der Waals surface area (Å²) >= 11 is 0. The summed E-state index contributed by atoms with van der Waals surface area (Å²) < 4.78 is 0. The largest absolute Gasteiger partial charge is 0.345 e. The highest BCUT2D eigenvalue weighted by molar-refractivity contribution is 5.91. The van der Waals surface area contributed by atoms with Crippen LogP contribution in [-0.4, -0.2) is 36.4 Å². The molecule has 0 spiro atoms. The maximum Gasteiger partial charge on any atom is 0.238 e. The first-order valence-corrected chi connectivity index (χ1v) is 9.69. The molecule has 1 amide bonds. The predicted octanol–water partition coefficient (Wildman–Crippen LogP) is 2.43. The van der Waals surface area contributed by atoms with Gasteiger partial charge in [-0.2, -0.15) is 0 Å². The molecule has 0 unspecified atom stereocenters. The van der Waals surface area contributed by atoms with E-state index in [1.807, 2.05) is 58.0 Å². The van der Waals surface area contributed by atoms with Crippen LogP contribution in [0.2, 0.25) is 0 Å². The first-order valence-electron chi connectivity index (χ1n) is 9.69. The van der Waals surface area contributed by atoms with Crippen molar-refractivity contribution in [2.24, 2.45) is 11.7 Å². The first-order chi connectivity index (χ1) is 12.3. The van der Waals surface area contributed by atoms with E-state index in [4.69, 9.17) is 5.73 Å². The highest BCUT2D eigenvalue weighted by atomic mass is 16.2. The molecule has 0 heterocycles. The van der Waals surface area contributed by atoms with Crippen LogP contribution in [0, 0.1) is 5.92 Å². The Morgan fingerprint density at radius 1 is 1.00 bits per heavy atom. The predicted molar refractivity (Wildman–Crippen MR) is 107 cm³/mol. The van der Waals surface area contributed by atoms with Gasteiger partial charge < -0.3 is 16.4 Å². The van der Waals surface area contributed by atoms with Gasteiger partial charge in [-0.15, -0.1) is 0 Å². The number of ketones is 1. The first kappa shape index (κ1) is 22.3. The molecule has 0 saturated heterocycles. The Morgan fingerprint density at radius 3 is 2.19 bits per heavy atom. The molecule has 1 aromatic rings. The van der Waals surface area contributed by atoms with Crippen molar-refractivity contribution in [2.75, 3.05) is 6.54 Å². The van der Waals surface area contributed by atoms with Crippen LogP contribution in [0.15, 0.2) is 30.3 Å². The van der Waals surface area contributed by atoms with Crippen molar-refractivity contribution in [1.82, 2.24) is 10.6 Å². The minimum absolute atomic E-state index is 0.0818. The lowest BCUT2D eigenvalue weighted by molar-refractivity contribution is -0.130. The van der Waals surface area contributed by atoms with E-state index in [1.165, 1.54) is 0 Å². The van der Waals surface area contributed by atoms with Gasteiger partial charge in [0, 0.05) is 12.0 Å². The Kier molecular flexibility index (Phi) is 10.1. The smallest absolute Gasteiger partial charge is 0.238 e. The van der Waals surface area contributed by atoms with Gasteiger partial charge in [-0.3, -0.25) is 9.59 Å². The van der Waals surface area contributed by atoms with Gasteiger partial charge in [0.2, 0.25) is 5.91 Å². The third-order valence-corrected chi connectivity index (χ3v) is 4.31. The molecule has 0 aliphatic heterocycles. The second-order valence-electron chi connectivity index (χ2n) is 7.47. The molecule has 2 atom stereocenters. The number of nitrogens with two attached hydrogens (primary N) is 1. The Hall–Kier alpha value is -1.72. The number of nitrogens with one attached hydrogen (secondary N) is 2. The van der Waals surface area contributed by atoms with E-state index in [-0.39, 0.29) is 29.7 Å². The van der Waals surface area contributed by atoms with Crippen molar-refractivity contribution in [3.8, 4) is 0 Å². The van der Waals surface area contributed by atoms with Gasteiger partial charge in [-0.05, 0) is 37.8 Å². The normalized spacial score (nSPS) is 13.7. The summed E-state index contributed by atoms with van der Waals surface area (Å²) in [4.78, 5) is 25.4. The van der Waals surface area contributed by atoms with Gasteiger partial charge in [0.15, 0.2) is 5.78 Å². The second-order valence-corrected chi connectivity index (χ2v) is 7.47. The monoisotopic (exact) mass is 361 g/mol. The highest BCUT2D eigenvalue weighted by Gasteiger charge is 2.27. The molecule has 146 valence electrons. The standard InChI is InChI=1S/C21H35N3O2/c1-15(2)20(25)18(12-8-9-13-22)24-21(26)19(23-16(3)4)14-17-10-6-5-7-11-17/h5-7,10-11,15-16,18-19,23H,8-9,12-14,22H2,1-4H3,(H,24,26)/t18-,19-/m0/s1. The maximum atomic E-state index is 12.9. The lowest BCUT2D eigenvalue weighted by Gasteiger charge is -2.25. The van der Waals surface area contributed by atoms with E-state index in [2.05, 4.69) is 10.6 Å². The Morgan fingerprint density at radius 2 is 1.65 bits per heavy atom. The van der Waals surface area contributed by atoms with Crippen LogP contribution in [0.25, 0.3) is 0 Å². The van der Waals surface area contributed by atoms with Crippen LogP contribution < -0.4 is 16.4 Å². The van der Waals surface area contributed by atoms with Crippen molar-refractivity contribution in [1.29, 1.82) is 0 Å². The number of hydrogen-bond donors (Lipinski definition) is 3. The molecule has 0 saturated carbocycles. The topological polar surface area (TPSA) is 84.2 Å². The molecule has 5 heteroatoms. The number of rotatable bonds is 12. The average Bonchev–Trinajstić information content (AvgIpc) is 2.60. The SMILES string of the molecule is CC(C)N[C@@H](Cc1ccccc1)C(=O)N[C@@H](CCCCN)C(=O)C(C)C. The van der Waals surface area contributed by atoms with Crippen LogP contribution in [0.5, 0.6) is 0 Å². The minimum atomic E-state index is -0.443. The second kappa shape index (κ2) is 11.8. The molecule has 0 bridgehead atoms. The summed E-state index contributed by atoms with van der Waals surface area (Å²) in [7, 11) is 0. The molecule has 26 heavy (non-hydrogen) atoms. The fourth-order valence-corrected chi connectivity index (χ4v) is 2.93.